The third-order valence-corrected chi connectivity index (χ3v) is 3.02. The quantitative estimate of drug-likeness (QED) is 0.786. The number of carbonyl (C=O) groups is 2. The SMILES string of the molecule is CC(=O)CCC(=O)N1CCC(Oc2cccnn2)C1. The second-order valence-electron chi connectivity index (χ2n) is 4.63. The van der Waals surface area contributed by atoms with E-state index in [9.17, 15) is 9.59 Å². The molecule has 0 saturated carbocycles. The van der Waals surface area contributed by atoms with E-state index >= 15 is 0 Å². The molecule has 0 N–H and O–H groups in total. The Morgan fingerprint density at radius 1 is 1.47 bits per heavy atom. The van der Waals surface area contributed by atoms with Gasteiger partial charge in [-0.05, 0) is 13.0 Å². The Labute approximate surface area is 111 Å². The van der Waals surface area contributed by atoms with Crippen molar-refractivity contribution in [2.75, 3.05) is 13.1 Å². The van der Waals surface area contributed by atoms with Crippen LogP contribution in [-0.4, -0.2) is 46.0 Å². The van der Waals surface area contributed by atoms with Crippen molar-refractivity contribution in [3.8, 4) is 5.88 Å². The molecule has 1 aliphatic heterocycles. The summed E-state index contributed by atoms with van der Waals surface area (Å²) < 4.78 is 5.65. The van der Waals surface area contributed by atoms with Crippen molar-refractivity contribution in [2.24, 2.45) is 0 Å². The molecule has 1 aliphatic rings. The summed E-state index contributed by atoms with van der Waals surface area (Å²) >= 11 is 0. The van der Waals surface area contributed by atoms with Crippen LogP contribution in [0.25, 0.3) is 0 Å². The number of carbonyl (C=O) groups excluding carboxylic acids is 2. The Bertz CT molecular complexity index is 450. The summed E-state index contributed by atoms with van der Waals surface area (Å²) in [7, 11) is 0. The molecule has 1 atom stereocenters. The van der Waals surface area contributed by atoms with Crippen molar-refractivity contribution in [3.63, 3.8) is 0 Å². The second-order valence-corrected chi connectivity index (χ2v) is 4.63. The molecular formula is C13H17N3O3. The lowest BCUT2D eigenvalue weighted by molar-refractivity contribution is -0.132. The van der Waals surface area contributed by atoms with E-state index in [0.717, 1.165) is 6.42 Å². The van der Waals surface area contributed by atoms with Gasteiger partial charge < -0.3 is 14.4 Å². The van der Waals surface area contributed by atoms with Crippen LogP contribution in [0.15, 0.2) is 18.3 Å². The summed E-state index contributed by atoms with van der Waals surface area (Å²) in [6, 6.07) is 3.50. The van der Waals surface area contributed by atoms with Gasteiger partial charge in [-0.3, -0.25) is 4.79 Å². The minimum Gasteiger partial charge on any atom is -0.471 e. The van der Waals surface area contributed by atoms with Gasteiger partial charge in [0.25, 0.3) is 0 Å². The number of nitrogens with zero attached hydrogens (tertiary/aromatic N) is 3. The first-order valence-corrected chi connectivity index (χ1v) is 6.36. The Morgan fingerprint density at radius 2 is 2.32 bits per heavy atom. The molecule has 0 spiro atoms. The molecule has 1 amide bonds. The van der Waals surface area contributed by atoms with Gasteiger partial charge in [-0.1, -0.05) is 0 Å². The third kappa shape index (κ3) is 4.01. The Hall–Kier alpha value is -1.98. The first-order valence-electron chi connectivity index (χ1n) is 6.36. The van der Waals surface area contributed by atoms with Crippen LogP contribution in [-0.2, 0) is 9.59 Å². The summed E-state index contributed by atoms with van der Waals surface area (Å²) in [6.07, 6.45) is 2.91. The van der Waals surface area contributed by atoms with Gasteiger partial charge in [0.05, 0.1) is 6.54 Å². The molecule has 0 aromatic carbocycles. The summed E-state index contributed by atoms with van der Waals surface area (Å²) in [5.41, 5.74) is 0. The maximum absolute atomic E-state index is 11.8. The molecule has 19 heavy (non-hydrogen) atoms. The molecule has 0 aliphatic carbocycles. The van der Waals surface area contributed by atoms with Crippen molar-refractivity contribution < 1.29 is 14.3 Å². The molecule has 6 nitrogen and oxygen atoms in total. The van der Waals surface area contributed by atoms with Gasteiger partial charge in [-0.25, -0.2) is 0 Å². The van der Waals surface area contributed by atoms with Gasteiger partial charge in [0, 0.05) is 38.1 Å². The molecular weight excluding hydrogens is 246 g/mol. The normalized spacial score (nSPS) is 18.4. The predicted octanol–water partition coefficient (Wildman–Crippen LogP) is 0.825. The highest BCUT2D eigenvalue weighted by Gasteiger charge is 2.27. The van der Waals surface area contributed by atoms with Gasteiger partial charge >= 0.3 is 0 Å². The molecule has 1 saturated heterocycles. The van der Waals surface area contributed by atoms with Crippen LogP contribution in [0.5, 0.6) is 5.88 Å². The molecule has 1 unspecified atom stereocenters. The van der Waals surface area contributed by atoms with Crippen molar-refractivity contribution >= 4 is 11.7 Å². The lowest BCUT2D eigenvalue weighted by atomic mass is 10.2. The molecule has 1 aromatic rings. The minimum absolute atomic E-state index is 0.0143. The molecule has 1 aromatic heterocycles. The van der Waals surface area contributed by atoms with Crippen molar-refractivity contribution in [1.29, 1.82) is 0 Å². The van der Waals surface area contributed by atoms with Crippen LogP contribution in [0.3, 0.4) is 0 Å². The summed E-state index contributed by atoms with van der Waals surface area (Å²) in [5.74, 6) is 0.533. The lowest BCUT2D eigenvalue weighted by Crippen LogP contribution is -2.31. The van der Waals surface area contributed by atoms with Gasteiger partial charge in [0.1, 0.15) is 11.9 Å². The lowest BCUT2D eigenvalue weighted by Gasteiger charge is -2.16. The number of amides is 1. The van der Waals surface area contributed by atoms with E-state index in [-0.39, 0.29) is 24.2 Å². The zero-order valence-corrected chi connectivity index (χ0v) is 10.9. The van der Waals surface area contributed by atoms with Gasteiger partial charge in [-0.2, -0.15) is 5.10 Å². The molecule has 1 fully saturated rings. The minimum atomic E-state index is -0.0435. The number of hydrogen-bond acceptors (Lipinski definition) is 5. The summed E-state index contributed by atoms with van der Waals surface area (Å²) in [6.45, 7) is 2.71. The maximum atomic E-state index is 11.8. The zero-order valence-electron chi connectivity index (χ0n) is 10.9. The van der Waals surface area contributed by atoms with E-state index in [0.29, 0.717) is 25.4 Å². The maximum Gasteiger partial charge on any atom is 0.233 e. The third-order valence-electron chi connectivity index (χ3n) is 3.02. The highest BCUT2D eigenvalue weighted by Crippen LogP contribution is 2.16. The number of aromatic nitrogens is 2. The number of hydrogen-bond donors (Lipinski definition) is 0. The van der Waals surface area contributed by atoms with Crippen molar-refractivity contribution in [3.05, 3.63) is 18.3 Å². The average molecular weight is 263 g/mol. The molecule has 2 rings (SSSR count). The first-order chi connectivity index (χ1) is 9.15. The van der Waals surface area contributed by atoms with Gasteiger partial charge in [-0.15, -0.1) is 5.10 Å². The van der Waals surface area contributed by atoms with E-state index in [4.69, 9.17) is 4.74 Å². The molecule has 0 radical (unpaired) electrons. The first kappa shape index (κ1) is 13.5. The second kappa shape index (κ2) is 6.26. The highest BCUT2D eigenvalue weighted by atomic mass is 16.5. The largest absolute Gasteiger partial charge is 0.471 e. The van der Waals surface area contributed by atoms with Crippen molar-refractivity contribution in [1.82, 2.24) is 15.1 Å². The van der Waals surface area contributed by atoms with Crippen LogP contribution in [0.2, 0.25) is 0 Å². The number of Topliss-reactive ketones (excluding diaryl/α,β-unsaturated/α-hetero) is 1. The highest BCUT2D eigenvalue weighted by molar-refractivity contribution is 5.83. The Kier molecular flexibility index (Phi) is 4.43. The smallest absolute Gasteiger partial charge is 0.233 e. The fraction of sp³-hybridized carbons (Fsp3) is 0.538. The molecule has 2 heterocycles. The van der Waals surface area contributed by atoms with E-state index in [1.807, 2.05) is 0 Å². The Morgan fingerprint density at radius 3 is 3.00 bits per heavy atom. The monoisotopic (exact) mass is 263 g/mol. The number of ketones is 1. The fourth-order valence-electron chi connectivity index (χ4n) is 2.01. The zero-order chi connectivity index (χ0) is 13.7. The number of likely N-dealkylation sites (tertiary alicyclic amines) is 1. The predicted molar refractivity (Wildman–Crippen MR) is 67.6 cm³/mol. The van der Waals surface area contributed by atoms with E-state index in [1.54, 1.807) is 23.2 Å². The van der Waals surface area contributed by atoms with Crippen LogP contribution in [0, 0.1) is 0 Å². The van der Waals surface area contributed by atoms with Crippen LogP contribution in [0.1, 0.15) is 26.2 Å². The van der Waals surface area contributed by atoms with Gasteiger partial charge in [0.2, 0.25) is 11.8 Å². The average Bonchev–Trinajstić information content (AvgIpc) is 2.85. The summed E-state index contributed by atoms with van der Waals surface area (Å²) in [5, 5.41) is 7.59. The Balaban J connectivity index is 1.80. The van der Waals surface area contributed by atoms with Crippen molar-refractivity contribution in [2.45, 2.75) is 32.3 Å². The topological polar surface area (TPSA) is 72.4 Å². The van der Waals surface area contributed by atoms with E-state index in [1.165, 1.54) is 6.92 Å². The van der Waals surface area contributed by atoms with Crippen LogP contribution < -0.4 is 4.74 Å². The number of rotatable bonds is 5. The van der Waals surface area contributed by atoms with E-state index < -0.39 is 0 Å². The van der Waals surface area contributed by atoms with Crippen LogP contribution >= 0.6 is 0 Å². The molecule has 0 bridgehead atoms. The van der Waals surface area contributed by atoms with E-state index in [2.05, 4.69) is 10.2 Å². The summed E-state index contributed by atoms with van der Waals surface area (Å²) in [4.78, 5) is 24.4. The fourth-order valence-corrected chi connectivity index (χ4v) is 2.01. The van der Waals surface area contributed by atoms with Crippen LogP contribution in [0.4, 0.5) is 0 Å². The molecule has 102 valence electrons. The van der Waals surface area contributed by atoms with Gasteiger partial charge in [0.15, 0.2) is 0 Å². The molecule has 6 heteroatoms. The number of ether oxygens (including phenoxy) is 1. The standard InChI is InChI=1S/C13H17N3O3/c1-10(17)4-5-13(18)16-8-6-11(9-16)19-12-3-2-7-14-15-12/h2-3,7,11H,4-6,8-9H2,1H3.